The van der Waals surface area contributed by atoms with Crippen LogP contribution in [0.2, 0.25) is 0 Å². The molecule has 132 valence electrons. The van der Waals surface area contributed by atoms with Gasteiger partial charge in [0.1, 0.15) is 0 Å². The Morgan fingerprint density at radius 3 is 2.50 bits per heavy atom. The topological polar surface area (TPSA) is 91.1 Å². The number of piperidine rings is 1. The van der Waals surface area contributed by atoms with Crippen LogP contribution in [0.25, 0.3) is 0 Å². The van der Waals surface area contributed by atoms with Crippen LogP contribution < -0.4 is 0 Å². The summed E-state index contributed by atoms with van der Waals surface area (Å²) in [5.74, 6) is -1.27. The van der Waals surface area contributed by atoms with E-state index in [4.69, 9.17) is 9.52 Å². The third-order valence-corrected chi connectivity index (χ3v) is 4.43. The Hall–Kier alpha value is -2.31. The molecule has 0 atom stereocenters. The third kappa shape index (κ3) is 3.96. The van der Waals surface area contributed by atoms with Gasteiger partial charge in [-0.05, 0) is 24.8 Å². The highest BCUT2D eigenvalue weighted by molar-refractivity contribution is 5.95. The van der Waals surface area contributed by atoms with Gasteiger partial charge in [0.25, 0.3) is 5.91 Å². The number of carbonyl (C=O) groups is 3. The molecule has 2 heterocycles. The number of amides is 2. The number of carbonyl (C=O) groups excluding carboxylic acids is 2. The molecule has 0 aromatic carbocycles. The smallest absolute Gasteiger partial charge is 0.306 e. The van der Waals surface area contributed by atoms with Crippen molar-refractivity contribution in [1.29, 1.82) is 0 Å². The van der Waals surface area contributed by atoms with E-state index in [0.717, 1.165) is 5.56 Å². The lowest BCUT2D eigenvalue weighted by molar-refractivity contribution is -0.145. The summed E-state index contributed by atoms with van der Waals surface area (Å²) < 4.78 is 5.29. The number of hydrogen-bond acceptors (Lipinski definition) is 4. The van der Waals surface area contributed by atoms with Crippen LogP contribution in [0.1, 0.15) is 48.7 Å². The van der Waals surface area contributed by atoms with Gasteiger partial charge in [0.05, 0.1) is 18.7 Å². The monoisotopic (exact) mass is 336 g/mol. The second-order valence-electron chi connectivity index (χ2n) is 6.51. The predicted octanol–water partition coefficient (Wildman–Crippen LogP) is 1.80. The van der Waals surface area contributed by atoms with E-state index in [1.54, 1.807) is 18.0 Å². The maximum absolute atomic E-state index is 12.5. The van der Waals surface area contributed by atoms with E-state index in [2.05, 4.69) is 0 Å². The molecule has 0 unspecified atom stereocenters. The molecule has 1 aliphatic heterocycles. The van der Waals surface area contributed by atoms with Gasteiger partial charge in [0.15, 0.2) is 5.76 Å². The highest BCUT2D eigenvalue weighted by Gasteiger charge is 2.29. The lowest BCUT2D eigenvalue weighted by Gasteiger charge is -2.31. The van der Waals surface area contributed by atoms with Crippen molar-refractivity contribution in [3.8, 4) is 0 Å². The van der Waals surface area contributed by atoms with Crippen LogP contribution in [-0.2, 0) is 9.59 Å². The molecule has 1 N–H and O–H groups in total. The fraction of sp³-hybridized carbons (Fsp3) is 0.588. The molecule has 1 aromatic rings. The second kappa shape index (κ2) is 7.51. The summed E-state index contributed by atoms with van der Waals surface area (Å²) in [7, 11) is 1.57. The number of likely N-dealkylation sites (tertiary alicyclic amines) is 1. The number of carboxylic acids is 1. The van der Waals surface area contributed by atoms with Gasteiger partial charge < -0.3 is 19.3 Å². The molecular weight excluding hydrogens is 312 g/mol. The van der Waals surface area contributed by atoms with Gasteiger partial charge >= 0.3 is 5.97 Å². The van der Waals surface area contributed by atoms with E-state index < -0.39 is 5.97 Å². The normalized spacial score (nSPS) is 15.6. The quantitative estimate of drug-likeness (QED) is 0.885. The summed E-state index contributed by atoms with van der Waals surface area (Å²) in [5.41, 5.74) is 0.821. The fourth-order valence-corrected chi connectivity index (χ4v) is 2.87. The molecule has 1 aliphatic rings. The summed E-state index contributed by atoms with van der Waals surface area (Å²) in [4.78, 5) is 38.7. The molecule has 1 fully saturated rings. The van der Waals surface area contributed by atoms with Crippen molar-refractivity contribution in [3.05, 3.63) is 23.7 Å². The van der Waals surface area contributed by atoms with E-state index >= 15 is 0 Å². The van der Waals surface area contributed by atoms with Crippen LogP contribution in [0.5, 0.6) is 0 Å². The number of hydrogen-bond donors (Lipinski definition) is 1. The van der Waals surface area contributed by atoms with Gasteiger partial charge in [-0.3, -0.25) is 14.4 Å². The van der Waals surface area contributed by atoms with Gasteiger partial charge in [-0.1, -0.05) is 13.8 Å². The highest BCUT2D eigenvalue weighted by Crippen LogP contribution is 2.22. The first-order valence-corrected chi connectivity index (χ1v) is 8.14. The van der Waals surface area contributed by atoms with Crippen LogP contribution in [0.4, 0.5) is 0 Å². The average molecular weight is 336 g/mol. The van der Waals surface area contributed by atoms with E-state index in [-0.39, 0.29) is 36.0 Å². The molecule has 0 saturated carbocycles. The molecule has 24 heavy (non-hydrogen) atoms. The maximum Gasteiger partial charge on any atom is 0.306 e. The number of likely N-dealkylation sites (N-methyl/N-ethyl adjacent to an activating group) is 1. The van der Waals surface area contributed by atoms with Gasteiger partial charge in [0, 0.05) is 25.7 Å². The van der Waals surface area contributed by atoms with Gasteiger partial charge in [-0.25, -0.2) is 0 Å². The summed E-state index contributed by atoms with van der Waals surface area (Å²) in [6, 6.07) is 1.77. The van der Waals surface area contributed by atoms with E-state index in [0.29, 0.717) is 25.9 Å². The van der Waals surface area contributed by atoms with Crippen LogP contribution in [0, 0.1) is 5.92 Å². The number of aliphatic carboxylic acids is 1. The number of carboxylic acid groups (broad SMARTS) is 1. The molecule has 7 heteroatoms. The Morgan fingerprint density at radius 1 is 1.33 bits per heavy atom. The second-order valence-corrected chi connectivity index (χ2v) is 6.51. The standard InChI is InChI=1S/C17H24N2O5/c1-11(2)13-6-9-24-15(13)16(21)18(3)10-14(20)19-7-4-12(5-8-19)17(22)23/h6,9,11-12H,4-5,7-8,10H2,1-3H3,(H,22,23). The lowest BCUT2D eigenvalue weighted by Crippen LogP contribution is -2.45. The summed E-state index contributed by atoms with van der Waals surface area (Å²) in [5, 5.41) is 8.99. The Bertz CT molecular complexity index is 614. The lowest BCUT2D eigenvalue weighted by atomic mass is 9.97. The zero-order valence-electron chi connectivity index (χ0n) is 14.3. The van der Waals surface area contributed by atoms with E-state index in [1.807, 2.05) is 13.8 Å². The molecule has 7 nitrogen and oxygen atoms in total. The Balaban J connectivity index is 1.93. The molecule has 1 saturated heterocycles. The van der Waals surface area contributed by atoms with Crippen LogP contribution in [-0.4, -0.2) is 59.4 Å². The summed E-state index contributed by atoms with van der Waals surface area (Å²) in [6.07, 6.45) is 2.39. The molecule has 0 bridgehead atoms. The number of furan rings is 1. The van der Waals surface area contributed by atoms with Crippen molar-refractivity contribution in [1.82, 2.24) is 9.80 Å². The van der Waals surface area contributed by atoms with Crippen LogP contribution in [0.3, 0.4) is 0 Å². The molecule has 0 aliphatic carbocycles. The average Bonchev–Trinajstić information content (AvgIpc) is 3.03. The van der Waals surface area contributed by atoms with E-state index in [9.17, 15) is 14.4 Å². The van der Waals surface area contributed by atoms with Gasteiger partial charge in [-0.15, -0.1) is 0 Å². The zero-order chi connectivity index (χ0) is 17.9. The zero-order valence-corrected chi connectivity index (χ0v) is 14.3. The largest absolute Gasteiger partial charge is 0.481 e. The molecule has 0 radical (unpaired) electrons. The van der Waals surface area contributed by atoms with Crippen molar-refractivity contribution >= 4 is 17.8 Å². The van der Waals surface area contributed by atoms with Crippen LogP contribution >= 0.6 is 0 Å². The minimum absolute atomic E-state index is 0.0468. The first-order valence-electron chi connectivity index (χ1n) is 8.14. The molecule has 0 spiro atoms. The van der Waals surface area contributed by atoms with Crippen molar-refractivity contribution in [2.75, 3.05) is 26.7 Å². The van der Waals surface area contributed by atoms with E-state index in [1.165, 1.54) is 11.2 Å². The Labute approximate surface area is 141 Å². The van der Waals surface area contributed by atoms with Crippen molar-refractivity contribution < 1.29 is 23.9 Å². The summed E-state index contributed by atoms with van der Waals surface area (Å²) in [6.45, 7) is 4.72. The molecule has 2 rings (SSSR count). The fourth-order valence-electron chi connectivity index (χ4n) is 2.87. The first-order chi connectivity index (χ1) is 11.3. The SMILES string of the molecule is CC(C)c1ccoc1C(=O)N(C)CC(=O)N1CCC(C(=O)O)CC1. The minimum atomic E-state index is -0.812. The van der Waals surface area contributed by atoms with Gasteiger partial charge in [0.2, 0.25) is 5.91 Å². The minimum Gasteiger partial charge on any atom is -0.481 e. The van der Waals surface area contributed by atoms with Crippen molar-refractivity contribution in [2.45, 2.75) is 32.6 Å². The van der Waals surface area contributed by atoms with Crippen LogP contribution in [0.15, 0.2) is 16.7 Å². The third-order valence-electron chi connectivity index (χ3n) is 4.43. The van der Waals surface area contributed by atoms with Crippen molar-refractivity contribution in [2.24, 2.45) is 5.92 Å². The molecule has 2 amide bonds. The summed E-state index contributed by atoms with van der Waals surface area (Å²) >= 11 is 0. The van der Waals surface area contributed by atoms with Gasteiger partial charge in [-0.2, -0.15) is 0 Å². The van der Waals surface area contributed by atoms with Crippen molar-refractivity contribution in [3.63, 3.8) is 0 Å². The molecular formula is C17H24N2O5. The maximum atomic E-state index is 12.5. The highest BCUT2D eigenvalue weighted by atomic mass is 16.4. The molecule has 1 aromatic heterocycles. The predicted molar refractivity (Wildman–Crippen MR) is 86.7 cm³/mol. The number of nitrogens with zero attached hydrogens (tertiary/aromatic N) is 2. The Morgan fingerprint density at radius 2 is 1.96 bits per heavy atom. The Kier molecular flexibility index (Phi) is 5.64. The number of rotatable bonds is 5. The first kappa shape index (κ1) is 18.0.